The fourth-order valence-electron chi connectivity index (χ4n) is 1.43. The highest BCUT2D eigenvalue weighted by Gasteiger charge is 2.20. The molecule has 1 aliphatic rings. The Morgan fingerprint density at radius 1 is 1.42 bits per heavy atom. The van der Waals surface area contributed by atoms with E-state index in [4.69, 9.17) is 5.73 Å². The zero-order valence-electron chi connectivity index (χ0n) is 6.58. The van der Waals surface area contributed by atoms with Gasteiger partial charge in [0.05, 0.1) is 0 Å². The number of nitrogens with two attached hydrogens (primary N) is 1. The van der Waals surface area contributed by atoms with E-state index in [9.17, 15) is 4.79 Å². The highest BCUT2D eigenvalue weighted by Crippen LogP contribution is 2.18. The van der Waals surface area contributed by atoms with Gasteiger partial charge in [-0.05, 0) is 11.6 Å². The molecule has 3 nitrogen and oxygen atoms in total. The molecule has 3 heteroatoms. The molecular weight excluding hydrogens is 152 g/mol. The minimum absolute atomic E-state index is 0.0210. The molecule has 0 saturated carbocycles. The van der Waals surface area contributed by atoms with Crippen LogP contribution in [0.5, 0.6) is 0 Å². The minimum atomic E-state index is -0.0566. The van der Waals surface area contributed by atoms with E-state index >= 15 is 0 Å². The van der Waals surface area contributed by atoms with E-state index in [0.717, 1.165) is 5.56 Å². The van der Waals surface area contributed by atoms with Gasteiger partial charge in [-0.3, -0.25) is 4.79 Å². The van der Waals surface area contributed by atoms with E-state index in [1.165, 1.54) is 0 Å². The van der Waals surface area contributed by atoms with E-state index < -0.39 is 0 Å². The molecule has 1 aromatic rings. The van der Waals surface area contributed by atoms with Gasteiger partial charge in [0.2, 0.25) is 0 Å². The molecule has 62 valence electrons. The number of fused-ring (bicyclic) bond motifs is 1. The SMILES string of the molecule is N[C@@H]1CNC(=O)c2ccccc21. The summed E-state index contributed by atoms with van der Waals surface area (Å²) >= 11 is 0. The van der Waals surface area contributed by atoms with Crippen LogP contribution in [0.1, 0.15) is 22.0 Å². The van der Waals surface area contributed by atoms with Crippen molar-refractivity contribution < 1.29 is 4.79 Å². The summed E-state index contributed by atoms with van der Waals surface area (Å²) in [4.78, 5) is 11.3. The second-order valence-corrected chi connectivity index (χ2v) is 2.90. The first-order valence-corrected chi connectivity index (χ1v) is 3.92. The summed E-state index contributed by atoms with van der Waals surface area (Å²) in [5.74, 6) is -0.0210. The average Bonchev–Trinajstić information content (AvgIpc) is 2.12. The Hall–Kier alpha value is -1.35. The zero-order valence-corrected chi connectivity index (χ0v) is 6.58. The van der Waals surface area contributed by atoms with Gasteiger partial charge in [0.15, 0.2) is 0 Å². The summed E-state index contributed by atoms with van der Waals surface area (Å²) in [6.07, 6.45) is 0. The van der Waals surface area contributed by atoms with Crippen LogP contribution in [0.4, 0.5) is 0 Å². The van der Waals surface area contributed by atoms with E-state index in [2.05, 4.69) is 5.32 Å². The molecule has 0 spiro atoms. The minimum Gasteiger partial charge on any atom is -0.350 e. The first-order chi connectivity index (χ1) is 5.79. The summed E-state index contributed by atoms with van der Waals surface area (Å²) in [5, 5.41) is 2.72. The monoisotopic (exact) mass is 162 g/mol. The maximum atomic E-state index is 11.3. The number of hydrogen-bond donors (Lipinski definition) is 2. The van der Waals surface area contributed by atoms with E-state index in [0.29, 0.717) is 12.1 Å². The fraction of sp³-hybridized carbons (Fsp3) is 0.222. The van der Waals surface area contributed by atoms with Crippen LogP contribution in [0.25, 0.3) is 0 Å². The third kappa shape index (κ3) is 0.987. The second-order valence-electron chi connectivity index (χ2n) is 2.90. The highest BCUT2D eigenvalue weighted by molar-refractivity contribution is 5.96. The predicted octanol–water partition coefficient (Wildman–Crippen LogP) is 0.430. The van der Waals surface area contributed by atoms with E-state index in [-0.39, 0.29) is 11.9 Å². The number of carbonyl (C=O) groups excluding carboxylic acids is 1. The Morgan fingerprint density at radius 3 is 2.92 bits per heavy atom. The largest absolute Gasteiger partial charge is 0.350 e. The Morgan fingerprint density at radius 2 is 2.17 bits per heavy atom. The number of benzene rings is 1. The first-order valence-electron chi connectivity index (χ1n) is 3.92. The van der Waals surface area contributed by atoms with Crippen molar-refractivity contribution >= 4 is 5.91 Å². The third-order valence-corrected chi connectivity index (χ3v) is 2.09. The van der Waals surface area contributed by atoms with Crippen LogP contribution in [0.2, 0.25) is 0 Å². The van der Waals surface area contributed by atoms with Crippen molar-refractivity contribution in [2.24, 2.45) is 5.73 Å². The number of rotatable bonds is 0. The Kier molecular flexibility index (Phi) is 1.59. The molecular formula is C9H10N2O. The van der Waals surface area contributed by atoms with Crippen molar-refractivity contribution in [1.29, 1.82) is 0 Å². The van der Waals surface area contributed by atoms with Gasteiger partial charge in [-0.25, -0.2) is 0 Å². The van der Waals surface area contributed by atoms with Crippen LogP contribution in [0.15, 0.2) is 24.3 Å². The Balaban J connectivity index is 2.55. The van der Waals surface area contributed by atoms with Gasteiger partial charge >= 0.3 is 0 Å². The van der Waals surface area contributed by atoms with Gasteiger partial charge < -0.3 is 11.1 Å². The standard InChI is InChI=1S/C9H10N2O/c10-8-5-11-9(12)7-4-2-1-3-6(7)8/h1-4,8H,5,10H2,(H,11,12)/t8-/m1/s1. The van der Waals surface area contributed by atoms with Crippen molar-refractivity contribution in [3.63, 3.8) is 0 Å². The van der Waals surface area contributed by atoms with Gasteiger partial charge in [0.1, 0.15) is 0 Å². The van der Waals surface area contributed by atoms with E-state index in [1.807, 2.05) is 18.2 Å². The molecule has 0 aliphatic carbocycles. The number of hydrogen-bond acceptors (Lipinski definition) is 2. The van der Waals surface area contributed by atoms with Crippen molar-refractivity contribution in [2.75, 3.05) is 6.54 Å². The quantitative estimate of drug-likeness (QED) is 0.581. The molecule has 1 heterocycles. The third-order valence-electron chi connectivity index (χ3n) is 2.09. The Bertz CT molecular complexity index is 322. The van der Waals surface area contributed by atoms with Crippen molar-refractivity contribution in [3.8, 4) is 0 Å². The van der Waals surface area contributed by atoms with Crippen LogP contribution in [-0.4, -0.2) is 12.5 Å². The maximum Gasteiger partial charge on any atom is 0.251 e. The lowest BCUT2D eigenvalue weighted by atomic mass is 9.97. The van der Waals surface area contributed by atoms with Crippen molar-refractivity contribution in [2.45, 2.75) is 6.04 Å². The summed E-state index contributed by atoms with van der Waals surface area (Å²) < 4.78 is 0. The molecule has 1 aromatic carbocycles. The highest BCUT2D eigenvalue weighted by atomic mass is 16.1. The van der Waals surface area contributed by atoms with Crippen LogP contribution in [0, 0.1) is 0 Å². The number of carbonyl (C=O) groups is 1. The number of amides is 1. The topological polar surface area (TPSA) is 55.1 Å². The van der Waals surface area contributed by atoms with Gasteiger partial charge in [-0.1, -0.05) is 18.2 Å². The summed E-state index contributed by atoms with van der Waals surface area (Å²) in [6, 6.07) is 7.38. The lowest BCUT2D eigenvalue weighted by Crippen LogP contribution is -2.38. The average molecular weight is 162 g/mol. The molecule has 0 unspecified atom stereocenters. The molecule has 0 radical (unpaired) electrons. The maximum absolute atomic E-state index is 11.3. The van der Waals surface area contributed by atoms with Gasteiger partial charge in [-0.15, -0.1) is 0 Å². The van der Waals surface area contributed by atoms with Crippen LogP contribution >= 0.6 is 0 Å². The number of nitrogens with one attached hydrogen (secondary N) is 1. The first kappa shape index (κ1) is 7.31. The lowest BCUT2D eigenvalue weighted by Gasteiger charge is -2.21. The normalized spacial score (nSPS) is 21.4. The van der Waals surface area contributed by atoms with Crippen LogP contribution in [0.3, 0.4) is 0 Å². The zero-order chi connectivity index (χ0) is 8.55. The van der Waals surface area contributed by atoms with Gasteiger partial charge in [0.25, 0.3) is 5.91 Å². The predicted molar refractivity (Wildman–Crippen MR) is 45.7 cm³/mol. The molecule has 0 fully saturated rings. The molecule has 2 rings (SSSR count). The van der Waals surface area contributed by atoms with E-state index in [1.54, 1.807) is 6.07 Å². The summed E-state index contributed by atoms with van der Waals surface area (Å²) in [6.45, 7) is 0.538. The van der Waals surface area contributed by atoms with Gasteiger partial charge in [0, 0.05) is 18.2 Å². The summed E-state index contributed by atoms with van der Waals surface area (Å²) in [7, 11) is 0. The molecule has 1 amide bonds. The Labute approximate surface area is 70.6 Å². The molecule has 0 saturated heterocycles. The molecule has 0 bridgehead atoms. The van der Waals surface area contributed by atoms with Gasteiger partial charge in [-0.2, -0.15) is 0 Å². The molecule has 0 aromatic heterocycles. The van der Waals surface area contributed by atoms with Crippen molar-refractivity contribution in [1.82, 2.24) is 5.32 Å². The molecule has 3 N–H and O–H groups in total. The lowest BCUT2D eigenvalue weighted by molar-refractivity contribution is 0.0940. The second kappa shape index (κ2) is 2.60. The molecule has 12 heavy (non-hydrogen) atoms. The molecule has 1 atom stereocenters. The van der Waals surface area contributed by atoms with Crippen molar-refractivity contribution in [3.05, 3.63) is 35.4 Å². The van der Waals surface area contributed by atoms with Crippen LogP contribution < -0.4 is 11.1 Å². The molecule has 1 aliphatic heterocycles. The summed E-state index contributed by atoms with van der Waals surface area (Å²) in [5.41, 5.74) is 7.44. The smallest absolute Gasteiger partial charge is 0.251 e. The fourth-order valence-corrected chi connectivity index (χ4v) is 1.43. The van der Waals surface area contributed by atoms with Crippen LogP contribution in [-0.2, 0) is 0 Å².